The summed E-state index contributed by atoms with van der Waals surface area (Å²) in [5.41, 5.74) is 0.00275. The van der Waals surface area contributed by atoms with Crippen LogP contribution >= 0.6 is 0 Å². The molecule has 1 saturated heterocycles. The smallest absolute Gasteiger partial charge is 0.491 e. The van der Waals surface area contributed by atoms with Gasteiger partial charge in [0.2, 0.25) is 0 Å². The number of rotatable bonds is 3. The minimum Gasteiger partial charge on any atom is -0.491 e. The quantitative estimate of drug-likeness (QED) is 0.827. The van der Waals surface area contributed by atoms with Gasteiger partial charge in [0, 0.05) is 18.3 Å². The Kier molecular flexibility index (Phi) is 4.20. The number of benzene rings is 1. The van der Waals surface area contributed by atoms with Crippen molar-refractivity contribution in [3.8, 4) is 5.75 Å². The van der Waals surface area contributed by atoms with Crippen molar-refractivity contribution in [3.05, 3.63) is 24.0 Å². The van der Waals surface area contributed by atoms with Gasteiger partial charge < -0.3 is 19.5 Å². The van der Waals surface area contributed by atoms with Crippen molar-refractivity contribution in [1.82, 2.24) is 0 Å². The summed E-state index contributed by atoms with van der Waals surface area (Å²) in [4.78, 5) is 0. The fourth-order valence-electron chi connectivity index (χ4n) is 3.46. The Morgan fingerprint density at radius 2 is 2.05 bits per heavy atom. The van der Waals surface area contributed by atoms with Crippen molar-refractivity contribution in [3.63, 3.8) is 0 Å². The first-order valence-electron chi connectivity index (χ1n) is 7.54. The van der Waals surface area contributed by atoms with Crippen LogP contribution in [0.1, 0.15) is 38.5 Å². The predicted molar refractivity (Wildman–Crippen MR) is 77.0 cm³/mol. The zero-order valence-corrected chi connectivity index (χ0v) is 11.9. The molecule has 1 saturated carbocycles. The van der Waals surface area contributed by atoms with Crippen LogP contribution in [0.3, 0.4) is 0 Å². The maximum absolute atomic E-state index is 13.2. The van der Waals surface area contributed by atoms with E-state index < -0.39 is 12.9 Å². The minimum atomic E-state index is -1.74. The molecule has 1 aliphatic heterocycles. The standard InChI is InChI=1S/C15H20BFO4/c17-11-3-4-14(13(9-11)16(18)19)21-12-5-8-20-15(10-12)6-1-2-7-15/h3-4,9,12,18-19H,1-2,5-8,10H2. The summed E-state index contributed by atoms with van der Waals surface area (Å²) >= 11 is 0. The van der Waals surface area contributed by atoms with Crippen molar-refractivity contribution in [2.24, 2.45) is 0 Å². The molecule has 0 radical (unpaired) electrons. The van der Waals surface area contributed by atoms with Crippen LogP contribution in [0, 0.1) is 5.82 Å². The van der Waals surface area contributed by atoms with Crippen LogP contribution in [0.4, 0.5) is 4.39 Å². The molecule has 1 spiro atoms. The van der Waals surface area contributed by atoms with E-state index in [1.54, 1.807) is 0 Å². The molecule has 1 heterocycles. The van der Waals surface area contributed by atoms with Crippen molar-refractivity contribution < 1.29 is 23.9 Å². The van der Waals surface area contributed by atoms with Crippen LogP contribution < -0.4 is 10.2 Å². The van der Waals surface area contributed by atoms with E-state index in [4.69, 9.17) is 9.47 Å². The largest absolute Gasteiger partial charge is 0.492 e. The summed E-state index contributed by atoms with van der Waals surface area (Å²) in [6.07, 6.45) is 6.04. The monoisotopic (exact) mass is 294 g/mol. The molecule has 2 fully saturated rings. The van der Waals surface area contributed by atoms with Gasteiger partial charge >= 0.3 is 7.12 Å². The second kappa shape index (κ2) is 5.95. The molecule has 1 unspecified atom stereocenters. The first-order valence-corrected chi connectivity index (χ1v) is 7.54. The van der Waals surface area contributed by atoms with Gasteiger partial charge in [-0.05, 0) is 31.0 Å². The van der Waals surface area contributed by atoms with E-state index in [-0.39, 0.29) is 17.2 Å². The minimum absolute atomic E-state index is 0.0280. The highest BCUT2D eigenvalue weighted by molar-refractivity contribution is 6.59. The lowest BCUT2D eigenvalue weighted by Crippen LogP contribution is -2.43. The molecule has 0 aromatic heterocycles. The lowest BCUT2D eigenvalue weighted by atomic mass is 9.79. The first-order chi connectivity index (χ1) is 10.1. The normalized spacial score (nSPS) is 24.2. The van der Waals surface area contributed by atoms with E-state index in [9.17, 15) is 14.4 Å². The van der Waals surface area contributed by atoms with E-state index in [1.165, 1.54) is 25.0 Å². The Hall–Kier alpha value is -1.11. The summed E-state index contributed by atoms with van der Waals surface area (Å²) < 4.78 is 25.1. The van der Waals surface area contributed by atoms with Crippen molar-refractivity contribution in [1.29, 1.82) is 0 Å². The molecule has 1 aromatic carbocycles. The van der Waals surface area contributed by atoms with Crippen LogP contribution in [0.2, 0.25) is 0 Å². The van der Waals surface area contributed by atoms with Gasteiger partial charge in [0.15, 0.2) is 0 Å². The van der Waals surface area contributed by atoms with Gasteiger partial charge in [-0.3, -0.25) is 0 Å². The molecule has 6 heteroatoms. The summed E-state index contributed by atoms with van der Waals surface area (Å²) in [6.45, 7) is 0.656. The Balaban J connectivity index is 1.74. The summed E-state index contributed by atoms with van der Waals surface area (Å²) in [5.74, 6) is -0.170. The third-order valence-corrected chi connectivity index (χ3v) is 4.51. The molecule has 0 amide bonds. The average Bonchev–Trinajstić information content (AvgIpc) is 2.88. The van der Waals surface area contributed by atoms with Gasteiger partial charge in [0.05, 0.1) is 12.2 Å². The van der Waals surface area contributed by atoms with Crippen molar-refractivity contribution in [2.45, 2.75) is 50.2 Å². The molecule has 4 nitrogen and oxygen atoms in total. The van der Waals surface area contributed by atoms with Crippen LogP contribution in [-0.2, 0) is 4.74 Å². The summed E-state index contributed by atoms with van der Waals surface area (Å²) in [6, 6.07) is 3.83. The number of hydrogen-bond donors (Lipinski definition) is 2. The highest BCUT2D eigenvalue weighted by atomic mass is 19.1. The Labute approximate surface area is 124 Å². The van der Waals surface area contributed by atoms with Crippen LogP contribution in [0.25, 0.3) is 0 Å². The highest BCUT2D eigenvalue weighted by Crippen LogP contribution is 2.40. The molecule has 3 rings (SSSR count). The SMILES string of the molecule is OB(O)c1cc(F)ccc1OC1CCOC2(CCCC2)C1. The van der Waals surface area contributed by atoms with Crippen LogP contribution in [0.5, 0.6) is 5.75 Å². The van der Waals surface area contributed by atoms with E-state index in [1.807, 2.05) is 0 Å². The molecule has 1 aliphatic carbocycles. The van der Waals surface area contributed by atoms with E-state index >= 15 is 0 Å². The van der Waals surface area contributed by atoms with E-state index in [0.717, 1.165) is 31.7 Å². The van der Waals surface area contributed by atoms with Gasteiger partial charge in [-0.15, -0.1) is 0 Å². The zero-order valence-electron chi connectivity index (χ0n) is 11.9. The molecule has 0 bridgehead atoms. The van der Waals surface area contributed by atoms with Gasteiger partial charge in [0.1, 0.15) is 17.7 Å². The molecule has 2 aliphatic rings. The van der Waals surface area contributed by atoms with Gasteiger partial charge in [-0.1, -0.05) is 12.8 Å². The van der Waals surface area contributed by atoms with Gasteiger partial charge in [0.25, 0.3) is 0 Å². The van der Waals surface area contributed by atoms with Crippen LogP contribution in [0.15, 0.2) is 18.2 Å². The lowest BCUT2D eigenvalue weighted by molar-refractivity contribution is -0.108. The summed E-state index contributed by atoms with van der Waals surface area (Å²) in [7, 11) is -1.74. The second-order valence-electron chi connectivity index (χ2n) is 6.03. The second-order valence-corrected chi connectivity index (χ2v) is 6.03. The maximum atomic E-state index is 13.2. The number of ether oxygens (including phenoxy) is 2. The Morgan fingerprint density at radius 1 is 1.29 bits per heavy atom. The number of hydrogen-bond acceptors (Lipinski definition) is 4. The number of halogens is 1. The fraction of sp³-hybridized carbons (Fsp3) is 0.600. The average molecular weight is 294 g/mol. The van der Waals surface area contributed by atoms with Crippen molar-refractivity contribution in [2.75, 3.05) is 6.61 Å². The molecule has 2 N–H and O–H groups in total. The lowest BCUT2D eigenvalue weighted by Gasteiger charge is -2.38. The third-order valence-electron chi connectivity index (χ3n) is 4.51. The van der Waals surface area contributed by atoms with E-state index in [0.29, 0.717) is 12.4 Å². The topological polar surface area (TPSA) is 58.9 Å². The third kappa shape index (κ3) is 3.22. The maximum Gasteiger partial charge on any atom is 0.492 e. The molecule has 21 heavy (non-hydrogen) atoms. The molecule has 1 aromatic rings. The fourth-order valence-corrected chi connectivity index (χ4v) is 3.46. The van der Waals surface area contributed by atoms with Crippen LogP contribution in [-0.4, -0.2) is 35.5 Å². The molecule has 1 atom stereocenters. The van der Waals surface area contributed by atoms with Gasteiger partial charge in [-0.25, -0.2) is 4.39 Å². The first kappa shape index (κ1) is 14.8. The Bertz CT molecular complexity index is 502. The van der Waals surface area contributed by atoms with E-state index in [2.05, 4.69) is 0 Å². The zero-order chi connectivity index (χ0) is 14.9. The molecular weight excluding hydrogens is 274 g/mol. The molecule has 114 valence electrons. The Morgan fingerprint density at radius 3 is 2.76 bits per heavy atom. The molecular formula is C15H20BFO4. The predicted octanol–water partition coefficient (Wildman–Crippen LogP) is 1.38. The highest BCUT2D eigenvalue weighted by Gasteiger charge is 2.41. The van der Waals surface area contributed by atoms with Crippen molar-refractivity contribution >= 4 is 12.6 Å². The summed E-state index contributed by atoms with van der Waals surface area (Å²) in [5, 5.41) is 18.7. The van der Waals surface area contributed by atoms with Gasteiger partial charge in [-0.2, -0.15) is 0 Å².